The molecule has 1 saturated heterocycles. The highest BCUT2D eigenvalue weighted by molar-refractivity contribution is 5.94. The van der Waals surface area contributed by atoms with Crippen molar-refractivity contribution < 1.29 is 19.4 Å². The molecule has 0 saturated carbocycles. The molecule has 1 amide bonds. The minimum atomic E-state index is -0.962. The number of pyridine rings is 1. The summed E-state index contributed by atoms with van der Waals surface area (Å²) < 4.78 is 5.25. The average Bonchev–Trinajstić information content (AvgIpc) is 2.45. The number of aryl methyl sites for hydroxylation is 1. The van der Waals surface area contributed by atoms with Crippen LogP contribution in [0.4, 0.5) is 0 Å². The van der Waals surface area contributed by atoms with Crippen molar-refractivity contribution in [3.8, 4) is 0 Å². The lowest BCUT2D eigenvalue weighted by Gasteiger charge is -2.31. The Morgan fingerprint density at radius 3 is 2.75 bits per heavy atom. The molecule has 0 atom stereocenters. The number of piperidine rings is 1. The number of carbonyl (C=O) groups excluding carboxylic acids is 1. The second kappa shape index (κ2) is 6.47. The predicted octanol–water partition coefficient (Wildman–Crippen LogP) is 1.10. The summed E-state index contributed by atoms with van der Waals surface area (Å²) >= 11 is 0. The van der Waals surface area contributed by atoms with E-state index in [-0.39, 0.29) is 18.6 Å². The van der Waals surface area contributed by atoms with Crippen molar-refractivity contribution in [2.45, 2.75) is 25.9 Å². The fourth-order valence-electron chi connectivity index (χ4n) is 2.28. The van der Waals surface area contributed by atoms with Crippen LogP contribution in [0.1, 0.15) is 28.9 Å². The number of nitrogens with zero attached hydrogens (tertiary/aromatic N) is 2. The Morgan fingerprint density at radius 2 is 2.15 bits per heavy atom. The number of aliphatic carboxylic acids is 1. The van der Waals surface area contributed by atoms with Crippen LogP contribution in [0.2, 0.25) is 0 Å². The number of aromatic nitrogens is 1. The molecule has 6 heteroatoms. The van der Waals surface area contributed by atoms with Gasteiger partial charge in [-0.25, -0.2) is 4.79 Å². The maximum absolute atomic E-state index is 12.3. The standard InChI is InChI=1S/C14H18N2O4/c1-10-8-11(2-5-15-10)14(19)16-6-3-12(4-7-16)20-9-13(17)18/h2,5,8,12H,3-4,6-7,9H2,1H3,(H,17,18). The highest BCUT2D eigenvalue weighted by Gasteiger charge is 2.24. The van der Waals surface area contributed by atoms with Crippen LogP contribution in [0.3, 0.4) is 0 Å². The van der Waals surface area contributed by atoms with E-state index in [4.69, 9.17) is 9.84 Å². The van der Waals surface area contributed by atoms with E-state index in [0.717, 1.165) is 5.69 Å². The molecule has 1 aliphatic heterocycles. The molecule has 108 valence electrons. The van der Waals surface area contributed by atoms with E-state index in [1.807, 2.05) is 6.92 Å². The van der Waals surface area contributed by atoms with E-state index >= 15 is 0 Å². The predicted molar refractivity (Wildman–Crippen MR) is 71.5 cm³/mol. The Balaban J connectivity index is 1.87. The Bertz CT molecular complexity index is 496. The Labute approximate surface area is 117 Å². The molecule has 0 bridgehead atoms. The van der Waals surface area contributed by atoms with Gasteiger partial charge in [-0.05, 0) is 31.9 Å². The first kappa shape index (κ1) is 14.5. The van der Waals surface area contributed by atoms with Gasteiger partial charge in [0.05, 0.1) is 6.10 Å². The van der Waals surface area contributed by atoms with Crippen LogP contribution in [0, 0.1) is 6.92 Å². The van der Waals surface area contributed by atoms with Gasteiger partial charge in [0.1, 0.15) is 6.61 Å². The fraction of sp³-hybridized carbons (Fsp3) is 0.500. The second-order valence-electron chi connectivity index (χ2n) is 4.88. The first-order chi connectivity index (χ1) is 9.56. The minimum Gasteiger partial charge on any atom is -0.480 e. The van der Waals surface area contributed by atoms with Gasteiger partial charge in [0.25, 0.3) is 5.91 Å². The van der Waals surface area contributed by atoms with Gasteiger partial charge in [-0.15, -0.1) is 0 Å². The maximum atomic E-state index is 12.3. The first-order valence-electron chi connectivity index (χ1n) is 6.61. The topological polar surface area (TPSA) is 79.7 Å². The highest BCUT2D eigenvalue weighted by Crippen LogP contribution is 2.16. The number of carboxylic acid groups (broad SMARTS) is 1. The lowest BCUT2D eigenvalue weighted by molar-refractivity contribution is -0.145. The molecule has 6 nitrogen and oxygen atoms in total. The molecule has 1 N–H and O–H groups in total. The summed E-state index contributed by atoms with van der Waals surface area (Å²) in [6.07, 6.45) is 2.90. The van der Waals surface area contributed by atoms with Gasteiger partial charge in [-0.1, -0.05) is 0 Å². The van der Waals surface area contributed by atoms with Crippen LogP contribution >= 0.6 is 0 Å². The molecular formula is C14H18N2O4. The lowest BCUT2D eigenvalue weighted by atomic mass is 10.1. The zero-order valence-corrected chi connectivity index (χ0v) is 11.4. The molecule has 0 spiro atoms. The molecule has 2 rings (SSSR count). The van der Waals surface area contributed by atoms with Crippen LogP contribution in [-0.2, 0) is 9.53 Å². The van der Waals surface area contributed by atoms with Crippen molar-refractivity contribution in [3.63, 3.8) is 0 Å². The molecule has 0 radical (unpaired) electrons. The van der Waals surface area contributed by atoms with Crippen LogP contribution in [-0.4, -0.2) is 52.7 Å². The van der Waals surface area contributed by atoms with Gasteiger partial charge < -0.3 is 14.7 Å². The summed E-state index contributed by atoms with van der Waals surface area (Å²) in [7, 11) is 0. The number of hydrogen-bond donors (Lipinski definition) is 1. The van der Waals surface area contributed by atoms with Gasteiger partial charge in [-0.2, -0.15) is 0 Å². The minimum absolute atomic E-state index is 0.00724. The van der Waals surface area contributed by atoms with Crippen LogP contribution in [0.5, 0.6) is 0 Å². The van der Waals surface area contributed by atoms with Gasteiger partial charge in [0, 0.05) is 30.5 Å². The van der Waals surface area contributed by atoms with Gasteiger partial charge in [-0.3, -0.25) is 9.78 Å². The zero-order valence-electron chi connectivity index (χ0n) is 11.4. The lowest BCUT2D eigenvalue weighted by Crippen LogP contribution is -2.41. The summed E-state index contributed by atoms with van der Waals surface area (Å²) in [6, 6.07) is 3.48. The Morgan fingerprint density at radius 1 is 1.45 bits per heavy atom. The van der Waals surface area contributed by atoms with Crippen molar-refractivity contribution in [2.24, 2.45) is 0 Å². The highest BCUT2D eigenvalue weighted by atomic mass is 16.5. The number of carbonyl (C=O) groups is 2. The monoisotopic (exact) mass is 278 g/mol. The van der Waals surface area contributed by atoms with Crippen molar-refractivity contribution >= 4 is 11.9 Å². The second-order valence-corrected chi connectivity index (χ2v) is 4.88. The smallest absolute Gasteiger partial charge is 0.329 e. The van der Waals surface area contributed by atoms with Gasteiger partial charge in [0.15, 0.2) is 0 Å². The molecule has 20 heavy (non-hydrogen) atoms. The average molecular weight is 278 g/mol. The number of ether oxygens (including phenoxy) is 1. The SMILES string of the molecule is Cc1cc(C(=O)N2CCC(OCC(=O)O)CC2)ccn1. The van der Waals surface area contributed by atoms with E-state index in [2.05, 4.69) is 4.98 Å². The molecule has 2 heterocycles. The number of amides is 1. The summed E-state index contributed by atoms with van der Waals surface area (Å²) in [5, 5.41) is 8.56. The summed E-state index contributed by atoms with van der Waals surface area (Å²) in [5.41, 5.74) is 1.46. The van der Waals surface area contributed by atoms with Crippen LogP contribution < -0.4 is 0 Å². The van der Waals surface area contributed by atoms with Crippen molar-refractivity contribution in [3.05, 3.63) is 29.6 Å². The quantitative estimate of drug-likeness (QED) is 0.892. The van der Waals surface area contributed by atoms with Crippen molar-refractivity contribution in [1.82, 2.24) is 9.88 Å². The normalized spacial score (nSPS) is 16.1. The first-order valence-corrected chi connectivity index (χ1v) is 6.61. The van der Waals surface area contributed by atoms with E-state index in [1.165, 1.54) is 0 Å². The summed E-state index contributed by atoms with van der Waals surface area (Å²) in [5.74, 6) is -0.969. The van der Waals surface area contributed by atoms with Crippen molar-refractivity contribution in [2.75, 3.05) is 19.7 Å². The van der Waals surface area contributed by atoms with E-state index in [9.17, 15) is 9.59 Å². The zero-order chi connectivity index (χ0) is 14.5. The summed E-state index contributed by atoms with van der Waals surface area (Å²) in [6.45, 7) is 2.75. The molecule has 1 aromatic rings. The van der Waals surface area contributed by atoms with E-state index in [0.29, 0.717) is 31.5 Å². The molecule has 1 aliphatic rings. The third-order valence-electron chi connectivity index (χ3n) is 3.32. The van der Waals surface area contributed by atoms with Gasteiger partial charge >= 0.3 is 5.97 Å². The van der Waals surface area contributed by atoms with E-state index < -0.39 is 5.97 Å². The molecule has 1 fully saturated rings. The van der Waals surface area contributed by atoms with Crippen molar-refractivity contribution in [1.29, 1.82) is 0 Å². The Hall–Kier alpha value is -1.95. The van der Waals surface area contributed by atoms with Crippen LogP contribution in [0.15, 0.2) is 18.3 Å². The number of likely N-dealkylation sites (tertiary alicyclic amines) is 1. The van der Waals surface area contributed by atoms with Crippen LogP contribution in [0.25, 0.3) is 0 Å². The summed E-state index contributed by atoms with van der Waals surface area (Å²) in [4.78, 5) is 28.6. The largest absolute Gasteiger partial charge is 0.480 e. The number of carboxylic acids is 1. The van der Waals surface area contributed by atoms with Gasteiger partial charge in [0.2, 0.25) is 0 Å². The third-order valence-corrected chi connectivity index (χ3v) is 3.32. The molecular weight excluding hydrogens is 260 g/mol. The Kier molecular flexibility index (Phi) is 4.68. The molecule has 0 aliphatic carbocycles. The maximum Gasteiger partial charge on any atom is 0.329 e. The molecule has 0 unspecified atom stereocenters. The number of rotatable bonds is 4. The molecule has 1 aromatic heterocycles. The number of hydrogen-bond acceptors (Lipinski definition) is 4. The van der Waals surface area contributed by atoms with E-state index in [1.54, 1.807) is 23.2 Å². The fourth-order valence-corrected chi connectivity index (χ4v) is 2.28. The molecule has 0 aromatic carbocycles. The third kappa shape index (κ3) is 3.77.